The van der Waals surface area contributed by atoms with E-state index in [0.29, 0.717) is 11.3 Å². The molecule has 2 amide bonds. The SMILES string of the molecule is O=C(N1CCS(=O)(=O)CC1)N(Cc1ccc(-c2nnc(C(F)F)o2)cc1)c1cccc(-c2ccccc2)c1. The topological polar surface area (TPSA) is 96.6 Å². The van der Waals surface area contributed by atoms with E-state index >= 15 is 0 Å². The van der Waals surface area contributed by atoms with Gasteiger partial charge < -0.3 is 9.32 Å². The Kier molecular flexibility index (Phi) is 7.19. The Hall–Kier alpha value is -4.12. The standard InChI is InChI=1S/C27H24F2N4O4S/c28-24(29)26-31-30-25(37-26)21-11-9-19(10-12-21)18-33(27(34)32-13-15-38(35,36)16-14-32)23-8-4-7-22(17-23)20-5-2-1-3-6-20/h1-12,17,24H,13-16,18H2. The van der Waals surface area contributed by atoms with E-state index in [-0.39, 0.29) is 43.1 Å². The molecule has 1 aromatic heterocycles. The lowest BCUT2D eigenvalue weighted by atomic mass is 10.0. The molecule has 1 saturated heterocycles. The van der Waals surface area contributed by atoms with Crippen LogP contribution in [0.15, 0.2) is 83.3 Å². The number of nitrogens with zero attached hydrogens (tertiary/aromatic N) is 4. The molecule has 0 saturated carbocycles. The lowest BCUT2D eigenvalue weighted by Gasteiger charge is -2.33. The van der Waals surface area contributed by atoms with Crippen molar-refractivity contribution in [3.8, 4) is 22.6 Å². The van der Waals surface area contributed by atoms with Crippen molar-refractivity contribution < 1.29 is 26.4 Å². The van der Waals surface area contributed by atoms with Gasteiger partial charge >= 0.3 is 12.5 Å². The number of halogens is 2. The Morgan fingerprint density at radius 2 is 1.58 bits per heavy atom. The predicted molar refractivity (Wildman–Crippen MR) is 138 cm³/mol. The molecule has 3 aromatic carbocycles. The van der Waals surface area contributed by atoms with Crippen molar-refractivity contribution in [2.45, 2.75) is 13.0 Å². The third-order valence-corrected chi connectivity index (χ3v) is 7.89. The highest BCUT2D eigenvalue weighted by atomic mass is 32.2. The number of amides is 2. The number of benzene rings is 3. The lowest BCUT2D eigenvalue weighted by Crippen LogP contribution is -2.49. The van der Waals surface area contributed by atoms with Gasteiger partial charge in [-0.3, -0.25) is 4.90 Å². The first-order valence-corrected chi connectivity index (χ1v) is 13.7. The summed E-state index contributed by atoms with van der Waals surface area (Å²) in [5.41, 5.74) is 3.83. The third kappa shape index (κ3) is 5.72. The molecular formula is C27H24F2N4O4S. The molecule has 0 radical (unpaired) electrons. The molecular weight excluding hydrogens is 514 g/mol. The number of urea groups is 1. The number of sulfone groups is 1. The van der Waals surface area contributed by atoms with E-state index in [9.17, 15) is 22.0 Å². The van der Waals surface area contributed by atoms with Gasteiger partial charge in [0, 0.05) is 24.3 Å². The Morgan fingerprint density at radius 3 is 2.24 bits per heavy atom. The zero-order valence-corrected chi connectivity index (χ0v) is 21.0. The summed E-state index contributed by atoms with van der Waals surface area (Å²) in [6.07, 6.45) is -2.86. The van der Waals surface area contributed by atoms with E-state index < -0.39 is 22.2 Å². The van der Waals surface area contributed by atoms with E-state index in [1.54, 1.807) is 34.1 Å². The van der Waals surface area contributed by atoms with Crippen molar-refractivity contribution in [2.24, 2.45) is 0 Å². The molecule has 2 heterocycles. The van der Waals surface area contributed by atoms with Crippen molar-refractivity contribution in [2.75, 3.05) is 29.5 Å². The zero-order chi connectivity index (χ0) is 26.7. The highest BCUT2D eigenvalue weighted by Crippen LogP contribution is 2.28. The molecule has 11 heteroatoms. The molecule has 5 rings (SSSR count). The van der Waals surface area contributed by atoms with Crippen LogP contribution in [0.5, 0.6) is 0 Å². The van der Waals surface area contributed by atoms with Crippen LogP contribution in [0.2, 0.25) is 0 Å². The number of carbonyl (C=O) groups excluding carboxylic acids is 1. The minimum atomic E-state index is -3.16. The Morgan fingerprint density at radius 1 is 0.895 bits per heavy atom. The van der Waals surface area contributed by atoms with Crippen LogP contribution in [0.4, 0.5) is 19.3 Å². The Bertz CT molecular complexity index is 1510. The average molecular weight is 539 g/mol. The molecule has 0 bridgehead atoms. The molecule has 1 aliphatic heterocycles. The van der Waals surface area contributed by atoms with E-state index in [4.69, 9.17) is 4.42 Å². The van der Waals surface area contributed by atoms with Crippen LogP contribution < -0.4 is 4.90 Å². The number of carbonyl (C=O) groups is 1. The molecule has 0 N–H and O–H groups in total. The van der Waals surface area contributed by atoms with Crippen LogP contribution in [0, 0.1) is 0 Å². The molecule has 196 valence electrons. The molecule has 0 aliphatic carbocycles. The Labute approximate surface area is 218 Å². The average Bonchev–Trinajstić information content (AvgIpc) is 3.43. The van der Waals surface area contributed by atoms with Gasteiger partial charge in [-0.15, -0.1) is 10.2 Å². The quantitative estimate of drug-likeness (QED) is 0.335. The van der Waals surface area contributed by atoms with Crippen LogP contribution >= 0.6 is 0 Å². The molecule has 38 heavy (non-hydrogen) atoms. The summed E-state index contributed by atoms with van der Waals surface area (Å²) in [6.45, 7) is 0.448. The van der Waals surface area contributed by atoms with Gasteiger partial charge in [0.15, 0.2) is 9.84 Å². The summed E-state index contributed by atoms with van der Waals surface area (Å²) in [5, 5.41) is 7.02. The van der Waals surface area contributed by atoms with E-state index in [1.165, 1.54) is 0 Å². The molecule has 4 aromatic rings. The summed E-state index contributed by atoms with van der Waals surface area (Å²) in [6, 6.07) is 23.9. The fraction of sp³-hybridized carbons (Fsp3) is 0.222. The van der Waals surface area contributed by atoms with Gasteiger partial charge in [0.2, 0.25) is 5.89 Å². The predicted octanol–water partition coefficient (Wildman–Crippen LogP) is 5.20. The van der Waals surface area contributed by atoms with Crippen molar-refractivity contribution in [3.05, 3.63) is 90.3 Å². The lowest BCUT2D eigenvalue weighted by molar-refractivity contribution is 0.116. The van der Waals surface area contributed by atoms with Crippen molar-refractivity contribution in [3.63, 3.8) is 0 Å². The van der Waals surface area contributed by atoms with Gasteiger partial charge in [-0.1, -0.05) is 54.6 Å². The molecule has 0 atom stereocenters. The number of aromatic nitrogens is 2. The minimum absolute atomic E-state index is 0.0233. The summed E-state index contributed by atoms with van der Waals surface area (Å²) in [5.74, 6) is -0.917. The highest BCUT2D eigenvalue weighted by Gasteiger charge is 2.29. The molecule has 0 spiro atoms. The number of alkyl halides is 2. The van der Waals surface area contributed by atoms with Crippen LogP contribution in [0.1, 0.15) is 17.9 Å². The van der Waals surface area contributed by atoms with Gasteiger partial charge in [-0.2, -0.15) is 8.78 Å². The fourth-order valence-corrected chi connectivity index (χ4v) is 5.40. The third-order valence-electron chi connectivity index (χ3n) is 6.28. The largest absolute Gasteiger partial charge is 0.415 e. The zero-order valence-electron chi connectivity index (χ0n) is 20.2. The monoisotopic (exact) mass is 538 g/mol. The van der Waals surface area contributed by atoms with Gasteiger partial charge in [0.25, 0.3) is 5.89 Å². The van der Waals surface area contributed by atoms with Crippen molar-refractivity contribution >= 4 is 21.6 Å². The second-order valence-corrected chi connectivity index (χ2v) is 11.2. The van der Waals surface area contributed by atoms with Gasteiger partial charge in [-0.05, 0) is 41.0 Å². The van der Waals surface area contributed by atoms with Crippen LogP contribution in [-0.2, 0) is 16.4 Å². The van der Waals surface area contributed by atoms with Crippen molar-refractivity contribution in [1.82, 2.24) is 15.1 Å². The van der Waals surface area contributed by atoms with E-state index in [2.05, 4.69) is 10.2 Å². The number of rotatable bonds is 6. The van der Waals surface area contributed by atoms with Crippen LogP contribution in [-0.4, -0.2) is 54.1 Å². The van der Waals surface area contributed by atoms with Crippen LogP contribution in [0.3, 0.4) is 0 Å². The van der Waals surface area contributed by atoms with Gasteiger partial charge in [0.05, 0.1) is 18.1 Å². The maximum Gasteiger partial charge on any atom is 0.324 e. The molecule has 1 fully saturated rings. The maximum atomic E-state index is 13.7. The molecule has 8 nitrogen and oxygen atoms in total. The Balaban J connectivity index is 1.43. The van der Waals surface area contributed by atoms with Crippen molar-refractivity contribution in [1.29, 1.82) is 0 Å². The number of hydrogen-bond donors (Lipinski definition) is 0. The second kappa shape index (κ2) is 10.7. The molecule has 1 aliphatic rings. The maximum absolute atomic E-state index is 13.7. The normalized spacial score (nSPS) is 15.0. The number of anilines is 1. The smallest absolute Gasteiger partial charge is 0.324 e. The number of hydrogen-bond acceptors (Lipinski definition) is 6. The fourth-order valence-electron chi connectivity index (χ4n) is 4.20. The van der Waals surface area contributed by atoms with Crippen LogP contribution in [0.25, 0.3) is 22.6 Å². The first-order valence-electron chi connectivity index (χ1n) is 11.9. The second-order valence-electron chi connectivity index (χ2n) is 8.87. The first kappa shape index (κ1) is 25.5. The highest BCUT2D eigenvalue weighted by molar-refractivity contribution is 7.91. The van der Waals surface area contributed by atoms with E-state index in [0.717, 1.165) is 16.7 Å². The minimum Gasteiger partial charge on any atom is -0.415 e. The van der Waals surface area contributed by atoms with Gasteiger partial charge in [0.1, 0.15) is 0 Å². The van der Waals surface area contributed by atoms with Gasteiger partial charge in [-0.25, -0.2) is 13.2 Å². The summed E-state index contributed by atoms with van der Waals surface area (Å²) in [4.78, 5) is 16.8. The summed E-state index contributed by atoms with van der Waals surface area (Å²) >= 11 is 0. The molecule has 0 unspecified atom stereocenters. The van der Waals surface area contributed by atoms with E-state index in [1.807, 2.05) is 54.6 Å². The summed E-state index contributed by atoms with van der Waals surface area (Å²) in [7, 11) is -3.16. The first-order chi connectivity index (χ1) is 18.3. The summed E-state index contributed by atoms with van der Waals surface area (Å²) < 4.78 is 54.5.